The summed E-state index contributed by atoms with van der Waals surface area (Å²) in [6, 6.07) is 18.0. The van der Waals surface area contributed by atoms with Gasteiger partial charge in [0.05, 0.1) is 32.6 Å². The van der Waals surface area contributed by atoms with Crippen LogP contribution in [-0.2, 0) is 11.3 Å². The van der Waals surface area contributed by atoms with Gasteiger partial charge in [-0.2, -0.15) is 0 Å². The van der Waals surface area contributed by atoms with Crippen LogP contribution in [0.2, 0.25) is 0 Å². The third kappa shape index (κ3) is 3.72. The Morgan fingerprint density at radius 1 is 0.931 bits per heavy atom. The first-order valence-electron chi connectivity index (χ1n) is 9.33. The Balaban J connectivity index is 1.67. The first-order chi connectivity index (χ1) is 14.1. The van der Waals surface area contributed by atoms with E-state index in [0.29, 0.717) is 12.3 Å². The van der Waals surface area contributed by atoms with Crippen molar-refractivity contribution in [2.45, 2.75) is 11.9 Å². The van der Waals surface area contributed by atoms with Gasteiger partial charge in [0.15, 0.2) is 0 Å². The molecule has 1 aliphatic heterocycles. The molecule has 1 heterocycles. The molecule has 0 N–H and O–H groups in total. The van der Waals surface area contributed by atoms with Crippen LogP contribution in [0.15, 0.2) is 54.6 Å². The van der Waals surface area contributed by atoms with Crippen molar-refractivity contribution in [3.63, 3.8) is 0 Å². The summed E-state index contributed by atoms with van der Waals surface area (Å²) in [5, 5.41) is 2.08. The van der Waals surface area contributed by atoms with Gasteiger partial charge in [-0.25, -0.2) is 0 Å². The highest BCUT2D eigenvalue weighted by atomic mass is 32.2. The molecule has 1 aliphatic rings. The lowest BCUT2D eigenvalue weighted by atomic mass is 10.1. The molecule has 0 bridgehead atoms. The third-order valence-electron chi connectivity index (χ3n) is 5.15. The van der Waals surface area contributed by atoms with Crippen molar-refractivity contribution in [2.24, 2.45) is 0 Å². The average Bonchev–Trinajstić information content (AvgIpc) is 3.12. The summed E-state index contributed by atoms with van der Waals surface area (Å²) in [5.41, 5.74) is 1.98. The highest BCUT2D eigenvalue weighted by Gasteiger charge is 2.36. The second-order valence-electron chi connectivity index (χ2n) is 6.81. The molecule has 29 heavy (non-hydrogen) atoms. The summed E-state index contributed by atoms with van der Waals surface area (Å²) in [6.45, 7) is 0.527. The Bertz CT molecular complexity index is 1030. The molecule has 1 unspecified atom stereocenters. The summed E-state index contributed by atoms with van der Waals surface area (Å²) >= 11 is 1.60. The van der Waals surface area contributed by atoms with Crippen molar-refractivity contribution in [1.29, 1.82) is 0 Å². The molecular formula is C23H23NO4S. The molecule has 0 spiro atoms. The second kappa shape index (κ2) is 8.25. The van der Waals surface area contributed by atoms with E-state index in [1.165, 1.54) is 0 Å². The van der Waals surface area contributed by atoms with Gasteiger partial charge in [-0.15, -0.1) is 11.8 Å². The van der Waals surface area contributed by atoms with Crippen molar-refractivity contribution < 1.29 is 19.0 Å². The van der Waals surface area contributed by atoms with Crippen LogP contribution in [0.5, 0.6) is 17.2 Å². The predicted molar refractivity (Wildman–Crippen MR) is 116 cm³/mol. The number of ether oxygens (including phenoxy) is 3. The molecule has 1 fully saturated rings. The molecule has 0 saturated carbocycles. The number of hydrogen-bond donors (Lipinski definition) is 0. The van der Waals surface area contributed by atoms with Gasteiger partial charge in [0.2, 0.25) is 5.91 Å². The molecule has 0 radical (unpaired) electrons. The Hall–Kier alpha value is -2.86. The summed E-state index contributed by atoms with van der Waals surface area (Å²) in [4.78, 5) is 14.6. The molecular weight excluding hydrogens is 386 g/mol. The average molecular weight is 410 g/mol. The Kier molecular flexibility index (Phi) is 5.53. The van der Waals surface area contributed by atoms with E-state index in [1.807, 2.05) is 41.3 Å². The molecule has 0 aromatic heterocycles. The lowest BCUT2D eigenvalue weighted by Gasteiger charge is -2.27. The van der Waals surface area contributed by atoms with Gasteiger partial charge in [-0.05, 0) is 46.7 Å². The minimum atomic E-state index is -0.153. The third-order valence-corrected chi connectivity index (χ3v) is 6.37. The molecule has 150 valence electrons. The first-order valence-corrected chi connectivity index (χ1v) is 10.4. The highest BCUT2D eigenvalue weighted by Crippen LogP contribution is 2.47. The van der Waals surface area contributed by atoms with Crippen LogP contribution >= 0.6 is 11.8 Å². The number of fused-ring (bicyclic) bond motifs is 1. The fourth-order valence-electron chi connectivity index (χ4n) is 3.68. The topological polar surface area (TPSA) is 48.0 Å². The van der Waals surface area contributed by atoms with E-state index in [4.69, 9.17) is 14.2 Å². The molecule has 6 heteroatoms. The first kappa shape index (κ1) is 19.5. The van der Waals surface area contributed by atoms with Gasteiger partial charge >= 0.3 is 0 Å². The maximum atomic E-state index is 12.7. The molecule has 1 atom stereocenters. The van der Waals surface area contributed by atoms with Crippen molar-refractivity contribution in [3.05, 3.63) is 65.7 Å². The second-order valence-corrected chi connectivity index (χ2v) is 7.88. The zero-order valence-electron chi connectivity index (χ0n) is 16.7. The number of methoxy groups -OCH3 is 3. The standard InChI is InChI=1S/C23H23NO4S/c1-26-18-10-9-16-11-15(7-8-17(16)12-18)13-24-21(25)14-29-23(24)22-19(27-2)5-4-6-20(22)28-3/h4-12,23H,13-14H2,1-3H3. The summed E-state index contributed by atoms with van der Waals surface area (Å²) in [6.07, 6.45) is 0. The van der Waals surface area contributed by atoms with Crippen LogP contribution in [0.1, 0.15) is 16.5 Å². The van der Waals surface area contributed by atoms with Crippen LogP contribution in [0.4, 0.5) is 0 Å². The summed E-state index contributed by atoms with van der Waals surface area (Å²) in [7, 11) is 4.95. The minimum Gasteiger partial charge on any atom is -0.497 e. The number of carbonyl (C=O) groups is 1. The molecule has 1 amide bonds. The van der Waals surface area contributed by atoms with E-state index in [2.05, 4.69) is 18.2 Å². The van der Waals surface area contributed by atoms with Gasteiger partial charge < -0.3 is 19.1 Å². The number of rotatable bonds is 6. The smallest absolute Gasteiger partial charge is 0.234 e. The van der Waals surface area contributed by atoms with E-state index < -0.39 is 0 Å². The van der Waals surface area contributed by atoms with E-state index in [9.17, 15) is 4.79 Å². The lowest BCUT2D eigenvalue weighted by Crippen LogP contribution is -2.28. The van der Waals surface area contributed by atoms with Gasteiger partial charge in [-0.1, -0.05) is 24.3 Å². The molecule has 0 aliphatic carbocycles. The molecule has 4 rings (SSSR count). The molecule has 5 nitrogen and oxygen atoms in total. The summed E-state index contributed by atoms with van der Waals surface area (Å²) in [5.74, 6) is 2.85. The van der Waals surface area contributed by atoms with Crippen LogP contribution in [0, 0.1) is 0 Å². The monoisotopic (exact) mass is 409 g/mol. The van der Waals surface area contributed by atoms with Crippen LogP contribution in [-0.4, -0.2) is 37.9 Å². The zero-order valence-corrected chi connectivity index (χ0v) is 17.5. The number of nitrogens with zero attached hydrogens (tertiary/aromatic N) is 1. The maximum Gasteiger partial charge on any atom is 0.234 e. The number of thioether (sulfide) groups is 1. The van der Waals surface area contributed by atoms with Crippen molar-refractivity contribution >= 4 is 28.4 Å². The molecule has 3 aromatic carbocycles. The SMILES string of the molecule is COc1ccc2cc(CN3C(=O)CSC3c3c(OC)cccc3OC)ccc2c1. The van der Waals surface area contributed by atoms with Gasteiger partial charge in [-0.3, -0.25) is 4.79 Å². The van der Waals surface area contributed by atoms with Crippen molar-refractivity contribution in [1.82, 2.24) is 4.90 Å². The number of hydrogen-bond acceptors (Lipinski definition) is 5. The van der Waals surface area contributed by atoms with Crippen LogP contribution < -0.4 is 14.2 Å². The van der Waals surface area contributed by atoms with Gasteiger partial charge in [0.1, 0.15) is 22.6 Å². The van der Waals surface area contributed by atoms with Gasteiger partial charge in [0.25, 0.3) is 0 Å². The quantitative estimate of drug-likeness (QED) is 0.594. The maximum absolute atomic E-state index is 12.7. The zero-order chi connectivity index (χ0) is 20.4. The van der Waals surface area contributed by atoms with E-state index in [-0.39, 0.29) is 11.3 Å². The Morgan fingerprint density at radius 3 is 2.31 bits per heavy atom. The minimum absolute atomic E-state index is 0.114. The molecule has 3 aromatic rings. The highest BCUT2D eigenvalue weighted by molar-refractivity contribution is 8.00. The Morgan fingerprint density at radius 2 is 1.62 bits per heavy atom. The van der Waals surface area contributed by atoms with Crippen LogP contribution in [0.3, 0.4) is 0 Å². The van der Waals surface area contributed by atoms with Gasteiger partial charge in [0, 0.05) is 6.54 Å². The largest absolute Gasteiger partial charge is 0.497 e. The summed E-state index contributed by atoms with van der Waals surface area (Å²) < 4.78 is 16.4. The van der Waals surface area contributed by atoms with E-state index >= 15 is 0 Å². The predicted octanol–water partition coefficient (Wildman–Crippen LogP) is 4.64. The number of carbonyl (C=O) groups excluding carboxylic acids is 1. The van der Waals surface area contributed by atoms with Crippen molar-refractivity contribution in [2.75, 3.05) is 27.1 Å². The van der Waals surface area contributed by atoms with E-state index in [1.54, 1.807) is 33.1 Å². The number of benzene rings is 3. The fourth-order valence-corrected chi connectivity index (χ4v) is 4.92. The Labute approximate surface area is 174 Å². The normalized spacial score (nSPS) is 16.3. The van der Waals surface area contributed by atoms with E-state index in [0.717, 1.165) is 39.1 Å². The van der Waals surface area contributed by atoms with Crippen LogP contribution in [0.25, 0.3) is 10.8 Å². The molecule has 1 saturated heterocycles. The lowest BCUT2D eigenvalue weighted by molar-refractivity contribution is -0.128. The fraction of sp³-hybridized carbons (Fsp3) is 0.261. The number of amides is 1. The van der Waals surface area contributed by atoms with Crippen molar-refractivity contribution in [3.8, 4) is 17.2 Å².